The first kappa shape index (κ1) is 24.7. The molecule has 2 aliphatic rings. The number of carbonyl (C=O) groups is 1. The minimum absolute atomic E-state index is 0.122. The molecule has 1 heterocycles. The van der Waals surface area contributed by atoms with E-state index in [1.807, 2.05) is 42.5 Å². The van der Waals surface area contributed by atoms with Crippen LogP contribution in [0.15, 0.2) is 51.7 Å². The number of fused-ring (bicyclic) bond motifs is 2. The van der Waals surface area contributed by atoms with Gasteiger partial charge in [0.1, 0.15) is 3.57 Å². The summed E-state index contributed by atoms with van der Waals surface area (Å²) < 4.78 is 13.9. The summed E-state index contributed by atoms with van der Waals surface area (Å²) in [5.41, 5.74) is 2.24. The molecule has 9 heteroatoms. The van der Waals surface area contributed by atoms with Crippen LogP contribution in [0.4, 0.5) is 0 Å². The fraction of sp³-hybridized carbons (Fsp3) is 0.167. The van der Waals surface area contributed by atoms with Crippen molar-refractivity contribution in [1.29, 1.82) is 0 Å². The van der Waals surface area contributed by atoms with E-state index in [1.165, 1.54) is 6.07 Å². The van der Waals surface area contributed by atoms with Gasteiger partial charge in [0, 0.05) is 22.4 Å². The quantitative estimate of drug-likeness (QED) is 0.138. The Morgan fingerprint density at radius 3 is 2.39 bits per heavy atom. The van der Waals surface area contributed by atoms with Crippen molar-refractivity contribution in [1.82, 2.24) is 0 Å². The Hall–Kier alpha value is -1.45. The van der Waals surface area contributed by atoms with E-state index in [1.54, 1.807) is 30.3 Å². The molecule has 170 valence electrons. The van der Waals surface area contributed by atoms with Crippen LogP contribution in [0, 0.1) is 16.6 Å². The molecule has 33 heavy (non-hydrogen) atoms. The van der Waals surface area contributed by atoms with Crippen molar-refractivity contribution >= 4 is 84.7 Å². The fourth-order valence-electron chi connectivity index (χ4n) is 3.49. The molecule has 1 unspecified atom stereocenters. The van der Waals surface area contributed by atoms with Crippen LogP contribution in [0.1, 0.15) is 24.2 Å². The van der Waals surface area contributed by atoms with Crippen LogP contribution in [0.25, 0.3) is 33.4 Å². The van der Waals surface area contributed by atoms with Gasteiger partial charge in [-0.1, -0.05) is 32.0 Å². The first-order chi connectivity index (χ1) is 15.6. The fourth-order valence-corrected chi connectivity index (χ4v) is 6.12. The van der Waals surface area contributed by atoms with E-state index in [4.69, 9.17) is 9.15 Å². The van der Waals surface area contributed by atoms with E-state index in [0.29, 0.717) is 46.3 Å². The van der Waals surface area contributed by atoms with Gasteiger partial charge in [-0.05, 0) is 97.6 Å². The smallest absolute Gasteiger partial charge is 0.336 e. The van der Waals surface area contributed by atoms with E-state index in [9.17, 15) is 19.8 Å². The molecule has 2 aromatic carbocycles. The predicted molar refractivity (Wildman–Crippen MR) is 151 cm³/mol. The molecule has 0 spiro atoms. The maximum Gasteiger partial charge on any atom is 0.336 e. The van der Waals surface area contributed by atoms with E-state index in [-0.39, 0.29) is 16.9 Å². The third kappa shape index (κ3) is 4.48. The van der Waals surface area contributed by atoms with Gasteiger partial charge in [-0.15, -0.1) is 0 Å². The summed E-state index contributed by atoms with van der Waals surface area (Å²) in [7, 11) is 0. The molecule has 0 aromatic heterocycles. The highest BCUT2D eigenvalue weighted by Gasteiger charge is 2.27. The number of halogens is 3. The van der Waals surface area contributed by atoms with E-state index < -0.39 is 12.3 Å². The standard InChI is InChI=1S/C24H17I3O6/c1-10(2)24(31)33-22-15(25)9-14-17(11-5-3-4-6-12(11)23(29)30)13-7-8-16(28)18(26)20(13)32-21(14)19(22)27/h3-10,24,31H,1-2H3,(H,29,30). The SMILES string of the molecule is CC(C)C(O)Oc1c(I)cc2c(-c3ccccc3C(=O)O)c3ccc(=O)c(I)c-3oc2c1I. The third-order valence-electron chi connectivity index (χ3n) is 5.17. The Kier molecular flexibility index (Phi) is 7.22. The van der Waals surface area contributed by atoms with Gasteiger partial charge < -0.3 is 19.4 Å². The van der Waals surface area contributed by atoms with Gasteiger partial charge in [-0.2, -0.15) is 0 Å². The minimum atomic E-state index is -1.05. The molecular formula is C24H17I3O6. The molecule has 2 N–H and O–H groups in total. The summed E-state index contributed by atoms with van der Waals surface area (Å²) in [5, 5.41) is 20.9. The summed E-state index contributed by atoms with van der Waals surface area (Å²) in [6.45, 7) is 3.70. The Morgan fingerprint density at radius 2 is 1.73 bits per heavy atom. The highest BCUT2D eigenvalue weighted by Crippen LogP contribution is 2.46. The topological polar surface area (TPSA) is 97.0 Å². The summed E-state index contributed by atoms with van der Waals surface area (Å²) in [6.07, 6.45) is -1.01. The zero-order valence-corrected chi connectivity index (χ0v) is 23.8. The molecule has 0 bridgehead atoms. The average Bonchev–Trinajstić information content (AvgIpc) is 2.78. The lowest BCUT2D eigenvalue weighted by Gasteiger charge is -2.22. The van der Waals surface area contributed by atoms with Crippen LogP contribution in [0.3, 0.4) is 0 Å². The van der Waals surface area contributed by atoms with Crippen molar-refractivity contribution in [2.45, 2.75) is 20.1 Å². The second-order valence-electron chi connectivity index (χ2n) is 7.71. The summed E-state index contributed by atoms with van der Waals surface area (Å²) >= 11 is 6.19. The van der Waals surface area contributed by atoms with Gasteiger partial charge in [0.05, 0.1) is 12.7 Å². The Bertz CT molecular complexity index is 1430. The summed E-state index contributed by atoms with van der Waals surface area (Å²) in [5.74, 6) is -0.325. The number of benzene rings is 3. The molecular weight excluding hydrogens is 765 g/mol. The molecule has 0 amide bonds. The third-order valence-corrected chi connectivity index (χ3v) is 7.97. The largest absolute Gasteiger partial charge is 0.478 e. The van der Waals surface area contributed by atoms with Gasteiger partial charge in [0.15, 0.2) is 28.8 Å². The Balaban J connectivity index is 2.18. The molecule has 1 aliphatic heterocycles. The van der Waals surface area contributed by atoms with Crippen LogP contribution in [0.5, 0.6) is 5.75 Å². The normalized spacial score (nSPS) is 12.5. The van der Waals surface area contributed by atoms with Gasteiger partial charge >= 0.3 is 5.97 Å². The van der Waals surface area contributed by atoms with E-state index in [0.717, 1.165) is 3.57 Å². The first-order valence-corrected chi connectivity index (χ1v) is 13.1. The molecule has 2 aromatic rings. The highest BCUT2D eigenvalue weighted by atomic mass is 127. The molecule has 0 saturated carbocycles. The summed E-state index contributed by atoms with van der Waals surface area (Å²) in [6, 6.07) is 11.8. The minimum Gasteiger partial charge on any atom is -0.478 e. The van der Waals surface area contributed by atoms with Gasteiger partial charge in [0.25, 0.3) is 0 Å². The number of hydrogen-bond donors (Lipinski definition) is 2. The monoisotopic (exact) mass is 782 g/mol. The number of carboxylic acids is 1. The molecule has 1 aliphatic carbocycles. The van der Waals surface area contributed by atoms with Crippen LogP contribution >= 0.6 is 67.8 Å². The number of aliphatic hydroxyl groups excluding tert-OH is 1. The number of aliphatic hydroxyl groups is 1. The number of aromatic carboxylic acids is 1. The maximum absolute atomic E-state index is 12.4. The number of hydrogen-bond acceptors (Lipinski definition) is 5. The number of carboxylic acid groups (broad SMARTS) is 1. The Labute approximate surface area is 230 Å². The lowest BCUT2D eigenvalue weighted by atomic mass is 9.91. The van der Waals surface area contributed by atoms with Crippen LogP contribution < -0.4 is 10.2 Å². The molecule has 0 fully saturated rings. The second-order valence-corrected chi connectivity index (χ2v) is 11.0. The number of ether oxygens (including phenoxy) is 1. The van der Waals surface area contributed by atoms with Crippen LogP contribution in [-0.4, -0.2) is 22.5 Å². The average molecular weight is 782 g/mol. The van der Waals surface area contributed by atoms with Crippen molar-refractivity contribution in [3.05, 3.63) is 69.0 Å². The zero-order chi connectivity index (χ0) is 24.0. The van der Waals surface area contributed by atoms with Crippen molar-refractivity contribution in [3.8, 4) is 28.2 Å². The molecule has 4 rings (SSSR count). The van der Waals surface area contributed by atoms with E-state index in [2.05, 4.69) is 45.2 Å². The van der Waals surface area contributed by atoms with Gasteiger partial charge in [0.2, 0.25) is 0 Å². The van der Waals surface area contributed by atoms with Crippen molar-refractivity contribution in [2.24, 2.45) is 5.92 Å². The Morgan fingerprint density at radius 1 is 1.03 bits per heavy atom. The highest BCUT2D eigenvalue weighted by molar-refractivity contribution is 14.1. The first-order valence-electron chi connectivity index (χ1n) is 9.86. The molecule has 6 nitrogen and oxygen atoms in total. The molecule has 0 radical (unpaired) electrons. The lowest BCUT2D eigenvalue weighted by Crippen LogP contribution is -2.23. The second kappa shape index (κ2) is 9.66. The number of rotatable bonds is 5. The van der Waals surface area contributed by atoms with Gasteiger partial charge in [-0.3, -0.25) is 4.79 Å². The predicted octanol–water partition coefficient (Wildman–Crippen LogP) is 6.43. The van der Waals surface area contributed by atoms with Gasteiger partial charge in [-0.25, -0.2) is 4.79 Å². The van der Waals surface area contributed by atoms with Crippen LogP contribution in [0.2, 0.25) is 0 Å². The summed E-state index contributed by atoms with van der Waals surface area (Å²) in [4.78, 5) is 24.4. The molecule has 0 saturated heterocycles. The van der Waals surface area contributed by atoms with E-state index >= 15 is 0 Å². The van der Waals surface area contributed by atoms with Crippen molar-refractivity contribution in [2.75, 3.05) is 0 Å². The zero-order valence-electron chi connectivity index (χ0n) is 17.4. The molecule has 1 atom stereocenters. The van der Waals surface area contributed by atoms with Crippen molar-refractivity contribution < 1.29 is 24.2 Å². The lowest BCUT2D eigenvalue weighted by molar-refractivity contribution is -0.0525. The van der Waals surface area contributed by atoms with Crippen molar-refractivity contribution in [3.63, 3.8) is 0 Å². The van der Waals surface area contributed by atoms with Crippen LogP contribution in [-0.2, 0) is 0 Å². The maximum atomic E-state index is 12.4.